The zero-order chi connectivity index (χ0) is 23.5. The molecule has 0 fully saturated rings. The smallest absolute Gasteiger partial charge is 0.177 e. The molecule has 4 aromatic rings. The van der Waals surface area contributed by atoms with Crippen molar-refractivity contribution in [2.75, 3.05) is 18.7 Å². The summed E-state index contributed by atoms with van der Waals surface area (Å²) >= 11 is 0. The van der Waals surface area contributed by atoms with Crippen molar-refractivity contribution in [3.05, 3.63) is 60.0 Å². The van der Waals surface area contributed by atoms with Gasteiger partial charge < -0.3 is 27.9 Å². The number of aromatic nitrogens is 3. The lowest BCUT2D eigenvalue weighted by molar-refractivity contribution is 0.182. The van der Waals surface area contributed by atoms with Gasteiger partial charge >= 0.3 is 0 Å². The Kier molecular flexibility index (Phi) is 6.40. The highest BCUT2D eigenvalue weighted by atomic mass is 32.2. The maximum atomic E-state index is 14.0. The second kappa shape index (κ2) is 9.41. The van der Waals surface area contributed by atoms with E-state index in [-0.39, 0.29) is 5.75 Å². The van der Waals surface area contributed by atoms with E-state index in [1.54, 1.807) is 38.1 Å². The highest BCUT2D eigenvalue weighted by Crippen LogP contribution is 2.38. The number of halogens is 1. The molecule has 0 bridgehead atoms. The quantitative estimate of drug-likeness (QED) is 0.359. The molecule has 0 aliphatic carbocycles. The minimum atomic E-state index is -1.39. The van der Waals surface area contributed by atoms with Crippen molar-refractivity contribution in [3.8, 4) is 11.5 Å². The maximum absolute atomic E-state index is 14.0. The molecule has 2 heterocycles. The van der Waals surface area contributed by atoms with Crippen LogP contribution in [0.25, 0.3) is 10.9 Å². The SMILES string of the molecule is COc1cc(N=[S-](C)=O)cc2ncnc(Nc3ccc(F)cc3OC(C)c3cc(C)no3)c12. The van der Waals surface area contributed by atoms with Crippen LogP contribution in [-0.2, 0) is 14.8 Å². The first-order valence-electron chi connectivity index (χ1n) is 9.88. The number of hydrogen-bond donors (Lipinski definition) is 1. The maximum Gasteiger partial charge on any atom is 0.177 e. The Morgan fingerprint density at radius 3 is 2.70 bits per heavy atom. The predicted molar refractivity (Wildman–Crippen MR) is 122 cm³/mol. The van der Waals surface area contributed by atoms with Crippen molar-refractivity contribution in [2.24, 2.45) is 4.36 Å². The molecule has 0 saturated heterocycles. The second-order valence-corrected chi connectivity index (χ2v) is 8.21. The topological polar surface area (TPSA) is 112 Å². The molecule has 2 aromatic heterocycles. The van der Waals surface area contributed by atoms with Gasteiger partial charge in [0, 0.05) is 23.9 Å². The Morgan fingerprint density at radius 2 is 2.00 bits per heavy atom. The first kappa shape index (κ1) is 22.5. The zero-order valence-corrected chi connectivity index (χ0v) is 19.1. The average Bonchev–Trinajstić information content (AvgIpc) is 3.21. The molecule has 11 heteroatoms. The van der Waals surface area contributed by atoms with E-state index in [0.717, 1.165) is 5.69 Å². The zero-order valence-electron chi connectivity index (χ0n) is 18.3. The summed E-state index contributed by atoms with van der Waals surface area (Å²) in [6.45, 7) is 3.58. The number of anilines is 2. The van der Waals surface area contributed by atoms with Gasteiger partial charge in [0.25, 0.3) is 0 Å². The fraction of sp³-hybridized carbons (Fsp3) is 0.227. The molecule has 0 aliphatic rings. The number of methoxy groups -OCH3 is 1. The molecule has 2 aromatic carbocycles. The van der Waals surface area contributed by atoms with Crippen molar-refractivity contribution in [1.82, 2.24) is 15.1 Å². The Labute approximate surface area is 191 Å². The largest absolute Gasteiger partial charge is 0.496 e. The monoisotopic (exact) mass is 470 g/mol. The Hall–Kier alpha value is -3.73. The highest BCUT2D eigenvalue weighted by Gasteiger charge is 2.18. The lowest BCUT2D eigenvalue weighted by Crippen LogP contribution is -2.05. The fourth-order valence-corrected chi connectivity index (χ4v) is 3.65. The summed E-state index contributed by atoms with van der Waals surface area (Å²) in [5, 5.41) is 7.62. The minimum absolute atomic E-state index is 0.260. The lowest BCUT2D eigenvalue weighted by atomic mass is 10.2. The number of rotatable bonds is 7. The Bertz CT molecular complexity index is 1400. The van der Waals surface area contributed by atoms with Crippen molar-refractivity contribution in [3.63, 3.8) is 0 Å². The molecule has 1 unspecified atom stereocenters. The molecule has 9 nitrogen and oxygen atoms in total. The van der Waals surface area contributed by atoms with E-state index >= 15 is 0 Å². The minimum Gasteiger partial charge on any atom is -0.496 e. The van der Waals surface area contributed by atoms with Crippen molar-refractivity contribution in [2.45, 2.75) is 20.0 Å². The molecular weight excluding hydrogens is 449 g/mol. The molecule has 0 spiro atoms. The molecule has 1 atom stereocenters. The molecule has 0 radical (unpaired) electrons. The summed E-state index contributed by atoms with van der Waals surface area (Å²) in [6, 6.07) is 9.22. The van der Waals surface area contributed by atoms with Gasteiger partial charge in [-0.3, -0.25) is 0 Å². The predicted octanol–water partition coefficient (Wildman–Crippen LogP) is 5.37. The number of nitrogens with zero attached hydrogens (tertiary/aromatic N) is 4. The van der Waals surface area contributed by atoms with Crippen LogP contribution in [0.2, 0.25) is 0 Å². The van der Waals surface area contributed by atoms with Gasteiger partial charge in [-0.1, -0.05) is 5.16 Å². The highest BCUT2D eigenvalue weighted by molar-refractivity contribution is 7.74. The number of ether oxygens (including phenoxy) is 2. The molecular formula is C22H21FN5O4S-. The summed E-state index contributed by atoms with van der Waals surface area (Å²) in [5.74, 6) is 1.17. The van der Waals surface area contributed by atoms with Crippen LogP contribution in [0.4, 0.5) is 21.6 Å². The van der Waals surface area contributed by atoms with Crippen molar-refractivity contribution >= 4 is 38.7 Å². The van der Waals surface area contributed by atoms with Crippen LogP contribution in [0.15, 0.2) is 51.6 Å². The van der Waals surface area contributed by atoms with E-state index < -0.39 is 22.5 Å². The number of benzene rings is 2. The molecule has 0 amide bonds. The lowest BCUT2D eigenvalue weighted by Gasteiger charge is -2.17. The van der Waals surface area contributed by atoms with Crippen LogP contribution >= 0.6 is 0 Å². The van der Waals surface area contributed by atoms with Crippen LogP contribution < -0.4 is 14.8 Å². The average molecular weight is 471 g/mol. The van der Waals surface area contributed by atoms with Crippen LogP contribution in [0.5, 0.6) is 11.5 Å². The summed E-state index contributed by atoms with van der Waals surface area (Å²) in [7, 11) is 0.120. The van der Waals surface area contributed by atoms with Crippen LogP contribution in [-0.4, -0.2) is 28.5 Å². The van der Waals surface area contributed by atoms with Crippen molar-refractivity contribution in [1.29, 1.82) is 0 Å². The number of fused-ring (bicyclic) bond motifs is 1. The van der Waals surface area contributed by atoms with Gasteiger partial charge in [0.1, 0.15) is 29.5 Å². The standard InChI is InChI=1S/C22H21FN5O4S/c1-12-7-18(32-27-12)13(2)31-19-8-14(23)5-6-16(19)26-22-21-17(24-11-25-22)9-15(28-33(4)29)10-20(21)30-3/h5-11,13H,1-4H3,(H,24,25,26)/q-1. The summed E-state index contributed by atoms with van der Waals surface area (Å²) in [6.07, 6.45) is 2.34. The number of hydrogen-bond acceptors (Lipinski definition) is 10. The first-order chi connectivity index (χ1) is 15.8. The van der Waals surface area contributed by atoms with Crippen molar-refractivity contribution < 1.29 is 22.6 Å². The summed E-state index contributed by atoms with van der Waals surface area (Å²) in [5.41, 5.74) is 2.19. The molecule has 172 valence electrons. The Morgan fingerprint density at radius 1 is 1.18 bits per heavy atom. The fourth-order valence-electron chi connectivity index (χ4n) is 3.24. The molecule has 4 rings (SSSR count). The third kappa shape index (κ3) is 5.03. The van der Waals surface area contributed by atoms with Gasteiger partial charge in [-0.05, 0) is 32.0 Å². The number of aryl methyl sites for hydroxylation is 1. The molecule has 1 N–H and O–H groups in total. The van der Waals surface area contributed by atoms with Gasteiger partial charge in [0.15, 0.2) is 11.9 Å². The summed E-state index contributed by atoms with van der Waals surface area (Å²) < 4.78 is 46.3. The second-order valence-electron chi connectivity index (χ2n) is 7.18. The van der Waals surface area contributed by atoms with Crippen LogP contribution in [0.1, 0.15) is 24.5 Å². The van der Waals surface area contributed by atoms with E-state index in [0.29, 0.717) is 39.6 Å². The van der Waals surface area contributed by atoms with E-state index in [4.69, 9.17) is 14.0 Å². The summed E-state index contributed by atoms with van der Waals surface area (Å²) in [4.78, 5) is 8.62. The van der Waals surface area contributed by atoms with E-state index in [9.17, 15) is 8.60 Å². The van der Waals surface area contributed by atoms with Gasteiger partial charge in [0.05, 0.1) is 29.4 Å². The van der Waals surface area contributed by atoms with Crippen LogP contribution in [0, 0.1) is 12.7 Å². The van der Waals surface area contributed by atoms with Gasteiger partial charge in [-0.25, -0.2) is 14.4 Å². The molecule has 33 heavy (non-hydrogen) atoms. The van der Waals surface area contributed by atoms with Crippen LogP contribution in [0.3, 0.4) is 0 Å². The van der Waals surface area contributed by atoms with E-state index in [1.165, 1.54) is 31.8 Å². The van der Waals surface area contributed by atoms with Gasteiger partial charge in [0.2, 0.25) is 0 Å². The van der Waals surface area contributed by atoms with E-state index in [1.807, 2.05) is 0 Å². The van der Waals surface area contributed by atoms with Gasteiger partial charge in [-0.15, -0.1) is 6.26 Å². The normalized spacial score (nSPS) is 13.1. The van der Waals surface area contributed by atoms with E-state index in [2.05, 4.69) is 24.8 Å². The molecule has 0 saturated carbocycles. The third-order valence-electron chi connectivity index (χ3n) is 4.69. The number of nitrogens with one attached hydrogen (secondary N) is 1. The Balaban J connectivity index is 1.74. The first-order valence-corrected chi connectivity index (χ1v) is 11.4. The molecule has 0 aliphatic heterocycles. The third-order valence-corrected chi connectivity index (χ3v) is 5.16. The van der Waals surface area contributed by atoms with Gasteiger partial charge in [-0.2, -0.15) is 10.6 Å².